The zero-order chi connectivity index (χ0) is 29.1. The number of nitrogens with zero attached hydrogens (tertiary/aromatic N) is 2. The highest BCUT2D eigenvalue weighted by atomic mass is 35.5. The van der Waals surface area contributed by atoms with Crippen LogP contribution in [-0.2, 0) is 26.1 Å². The van der Waals surface area contributed by atoms with Crippen molar-refractivity contribution in [3.05, 3.63) is 64.8 Å². The number of amides is 2. The van der Waals surface area contributed by atoms with Crippen molar-refractivity contribution >= 4 is 46.0 Å². The molecule has 2 heterocycles. The van der Waals surface area contributed by atoms with Crippen molar-refractivity contribution in [1.29, 1.82) is 0 Å². The van der Waals surface area contributed by atoms with Gasteiger partial charge in [-0.05, 0) is 49.4 Å². The number of hydrogen-bond donors (Lipinski definition) is 2. The van der Waals surface area contributed by atoms with Crippen LogP contribution in [0.1, 0.15) is 47.8 Å². The third-order valence-corrected chi connectivity index (χ3v) is 8.20. The predicted molar refractivity (Wildman–Crippen MR) is 152 cm³/mol. The fraction of sp³-hybridized carbons (Fsp3) is 0.433. The first-order chi connectivity index (χ1) is 19.7. The summed E-state index contributed by atoms with van der Waals surface area (Å²) in [6, 6.07) is 11.8. The van der Waals surface area contributed by atoms with E-state index in [1.54, 1.807) is 6.20 Å². The lowest BCUT2D eigenvalue weighted by atomic mass is 9.87. The van der Waals surface area contributed by atoms with Gasteiger partial charge in [0, 0.05) is 37.2 Å². The van der Waals surface area contributed by atoms with E-state index in [0.717, 1.165) is 10.9 Å². The molecule has 1 aliphatic heterocycles. The van der Waals surface area contributed by atoms with Gasteiger partial charge in [0.2, 0.25) is 6.17 Å². The molecule has 5 rings (SSSR count). The van der Waals surface area contributed by atoms with Crippen LogP contribution in [0, 0.1) is 5.92 Å². The number of para-hydroxylation sites is 1. The molecule has 2 amide bonds. The molecule has 2 unspecified atom stereocenters. The molecule has 1 saturated carbocycles. The summed E-state index contributed by atoms with van der Waals surface area (Å²) in [6.45, 7) is 0.960. The van der Waals surface area contributed by atoms with E-state index in [1.807, 2.05) is 35.9 Å². The Morgan fingerprint density at radius 2 is 1.93 bits per heavy atom. The van der Waals surface area contributed by atoms with Crippen LogP contribution in [0.4, 0.5) is 10.1 Å². The van der Waals surface area contributed by atoms with Gasteiger partial charge in [0.25, 0.3) is 11.8 Å². The van der Waals surface area contributed by atoms with Gasteiger partial charge in [0.15, 0.2) is 0 Å². The maximum Gasteiger partial charge on any atom is 0.306 e. The summed E-state index contributed by atoms with van der Waals surface area (Å²) >= 11 is 6.40. The lowest BCUT2D eigenvalue weighted by molar-refractivity contribution is -0.149. The highest BCUT2D eigenvalue weighted by molar-refractivity contribution is 6.34. The van der Waals surface area contributed by atoms with Gasteiger partial charge in [-0.3, -0.25) is 14.4 Å². The lowest BCUT2D eigenvalue weighted by Crippen LogP contribution is -2.48. The number of carbonyl (C=O) groups is 3. The fourth-order valence-electron chi connectivity index (χ4n) is 5.55. The summed E-state index contributed by atoms with van der Waals surface area (Å²) in [5.41, 5.74) is 1.81. The van der Waals surface area contributed by atoms with E-state index in [2.05, 4.69) is 5.32 Å². The van der Waals surface area contributed by atoms with E-state index in [1.165, 1.54) is 23.1 Å². The summed E-state index contributed by atoms with van der Waals surface area (Å²) in [5.74, 6) is -2.13. The van der Waals surface area contributed by atoms with Gasteiger partial charge >= 0.3 is 5.97 Å². The Labute approximate surface area is 242 Å². The van der Waals surface area contributed by atoms with Gasteiger partial charge in [-0.15, -0.1) is 0 Å². The van der Waals surface area contributed by atoms with Crippen molar-refractivity contribution in [3.8, 4) is 0 Å². The smallest absolute Gasteiger partial charge is 0.306 e. The molecule has 2 fully saturated rings. The number of carboxylic acids is 1. The number of carbonyl (C=O) groups excluding carboxylic acids is 2. The second-order valence-electron chi connectivity index (χ2n) is 10.6. The number of aromatic nitrogens is 1. The minimum Gasteiger partial charge on any atom is -0.481 e. The standard InChI is InChI=1S/C30H33ClFN3O6/c1-34-16-23(22-4-2-3-5-26(22)34)28(36)33-25-11-8-19(14-24(25)31)27(32)29(37)35-12-13-40-21(15-35)17-41-20-9-6-18(7-10-20)30(38)39/h2-5,8,11,14,16,18,20-21,27H,6-7,9-10,12-13,15,17H2,1H3,(H,33,36)(H,38,39). The fourth-order valence-corrected chi connectivity index (χ4v) is 5.78. The van der Waals surface area contributed by atoms with E-state index in [9.17, 15) is 14.4 Å². The van der Waals surface area contributed by atoms with Crippen LogP contribution < -0.4 is 5.32 Å². The first kappa shape index (κ1) is 29.0. The Morgan fingerprint density at radius 3 is 2.66 bits per heavy atom. The normalized spacial score (nSPS) is 21.9. The number of fused-ring (bicyclic) bond motifs is 1. The molecule has 2 N–H and O–H groups in total. The minimum absolute atomic E-state index is 0.0454. The summed E-state index contributed by atoms with van der Waals surface area (Å²) in [5, 5.41) is 12.9. The number of ether oxygens (including phenoxy) is 2. The third-order valence-electron chi connectivity index (χ3n) is 7.88. The minimum atomic E-state index is -1.93. The van der Waals surface area contributed by atoms with Gasteiger partial charge in [-0.1, -0.05) is 35.9 Å². The average Bonchev–Trinajstić information content (AvgIpc) is 3.33. The van der Waals surface area contributed by atoms with Crippen molar-refractivity contribution in [3.63, 3.8) is 0 Å². The number of carboxylic acid groups (broad SMARTS) is 1. The van der Waals surface area contributed by atoms with Crippen LogP contribution in [0.15, 0.2) is 48.7 Å². The molecular weight excluding hydrogens is 553 g/mol. The van der Waals surface area contributed by atoms with Crippen molar-refractivity contribution in [2.45, 2.75) is 44.1 Å². The molecule has 1 aliphatic carbocycles. The Bertz CT molecular complexity index is 1440. The maximum atomic E-state index is 15.4. The molecule has 3 aromatic rings. The van der Waals surface area contributed by atoms with Gasteiger partial charge in [0.05, 0.1) is 47.6 Å². The number of alkyl halides is 1. The molecule has 0 radical (unpaired) electrons. The highest BCUT2D eigenvalue weighted by Crippen LogP contribution is 2.31. The first-order valence-electron chi connectivity index (χ1n) is 13.7. The zero-order valence-electron chi connectivity index (χ0n) is 22.7. The van der Waals surface area contributed by atoms with Crippen LogP contribution in [0.5, 0.6) is 0 Å². The Kier molecular flexibility index (Phi) is 8.91. The van der Waals surface area contributed by atoms with E-state index < -0.39 is 24.2 Å². The molecule has 41 heavy (non-hydrogen) atoms. The number of aryl methyl sites for hydroxylation is 1. The summed E-state index contributed by atoms with van der Waals surface area (Å²) in [4.78, 5) is 38.6. The number of aliphatic carboxylic acids is 1. The van der Waals surface area contributed by atoms with Crippen LogP contribution in [0.3, 0.4) is 0 Å². The van der Waals surface area contributed by atoms with Gasteiger partial charge in [-0.2, -0.15) is 0 Å². The molecule has 2 aromatic carbocycles. The Balaban J connectivity index is 1.16. The van der Waals surface area contributed by atoms with Gasteiger partial charge in [-0.25, -0.2) is 4.39 Å². The molecule has 218 valence electrons. The lowest BCUT2D eigenvalue weighted by Gasteiger charge is -2.35. The van der Waals surface area contributed by atoms with Crippen molar-refractivity contribution in [1.82, 2.24) is 9.47 Å². The number of benzene rings is 2. The molecule has 2 aliphatic rings. The van der Waals surface area contributed by atoms with E-state index >= 15 is 4.39 Å². The number of halogens is 2. The largest absolute Gasteiger partial charge is 0.481 e. The molecular formula is C30H33ClFN3O6. The van der Waals surface area contributed by atoms with Gasteiger partial charge in [0.1, 0.15) is 0 Å². The summed E-state index contributed by atoms with van der Waals surface area (Å²) in [6.07, 6.45) is 1.85. The summed E-state index contributed by atoms with van der Waals surface area (Å²) in [7, 11) is 1.86. The zero-order valence-corrected chi connectivity index (χ0v) is 23.5. The number of anilines is 1. The van der Waals surface area contributed by atoms with Crippen molar-refractivity contribution in [2.24, 2.45) is 13.0 Å². The molecule has 1 saturated heterocycles. The third kappa shape index (κ3) is 6.55. The van der Waals surface area contributed by atoms with Crippen molar-refractivity contribution in [2.75, 3.05) is 31.6 Å². The highest BCUT2D eigenvalue weighted by Gasteiger charge is 2.32. The Hall–Kier alpha value is -3.47. The average molecular weight is 586 g/mol. The number of rotatable bonds is 8. The molecule has 9 nitrogen and oxygen atoms in total. The topological polar surface area (TPSA) is 110 Å². The SMILES string of the molecule is Cn1cc(C(=O)Nc2ccc(C(F)C(=O)N3CCOC(COC4CCC(C(=O)O)CC4)C3)cc2Cl)c2ccccc21. The number of nitrogens with one attached hydrogen (secondary N) is 1. The van der Waals surface area contributed by atoms with Crippen LogP contribution >= 0.6 is 11.6 Å². The van der Waals surface area contributed by atoms with E-state index in [0.29, 0.717) is 36.9 Å². The number of morpholine rings is 1. The maximum absolute atomic E-state index is 15.4. The molecule has 11 heteroatoms. The van der Waals surface area contributed by atoms with E-state index in [-0.39, 0.29) is 54.8 Å². The van der Waals surface area contributed by atoms with E-state index in [4.69, 9.17) is 26.2 Å². The van der Waals surface area contributed by atoms with Crippen molar-refractivity contribution < 1.29 is 33.4 Å². The van der Waals surface area contributed by atoms with Crippen LogP contribution in [-0.4, -0.2) is 70.9 Å². The monoisotopic (exact) mass is 585 g/mol. The molecule has 1 aromatic heterocycles. The molecule has 0 spiro atoms. The second-order valence-corrected chi connectivity index (χ2v) is 11.1. The number of hydrogen-bond acceptors (Lipinski definition) is 5. The van der Waals surface area contributed by atoms with Crippen LogP contribution in [0.25, 0.3) is 10.9 Å². The first-order valence-corrected chi connectivity index (χ1v) is 14.1. The summed E-state index contributed by atoms with van der Waals surface area (Å²) < 4.78 is 28.9. The predicted octanol–water partition coefficient (Wildman–Crippen LogP) is 4.98. The Morgan fingerprint density at radius 1 is 1.17 bits per heavy atom. The van der Waals surface area contributed by atoms with Crippen LogP contribution in [0.2, 0.25) is 5.02 Å². The quantitative estimate of drug-likeness (QED) is 0.386. The van der Waals surface area contributed by atoms with Gasteiger partial charge < -0.3 is 29.4 Å². The molecule has 0 bridgehead atoms. The second kappa shape index (κ2) is 12.6. The molecule has 2 atom stereocenters.